The van der Waals surface area contributed by atoms with E-state index < -0.39 is 0 Å². The first-order valence-corrected chi connectivity index (χ1v) is 5.22. The SMILES string of the molecule is CCNCCCC(C)CNCC.[HH]. The highest BCUT2D eigenvalue weighted by atomic mass is 14.8. The lowest BCUT2D eigenvalue weighted by atomic mass is 10.1. The predicted molar refractivity (Wildman–Crippen MR) is 57.6 cm³/mol. The van der Waals surface area contributed by atoms with Gasteiger partial charge >= 0.3 is 0 Å². The Hall–Kier alpha value is -0.0800. The topological polar surface area (TPSA) is 24.1 Å². The second kappa shape index (κ2) is 9.01. The first-order valence-electron chi connectivity index (χ1n) is 5.22. The van der Waals surface area contributed by atoms with Crippen molar-refractivity contribution in [1.29, 1.82) is 0 Å². The molecule has 12 heavy (non-hydrogen) atoms. The Bertz CT molecular complexity index is 89.0. The zero-order valence-electron chi connectivity index (χ0n) is 8.82. The molecule has 2 nitrogen and oxygen atoms in total. The number of hydrogen-bond acceptors (Lipinski definition) is 2. The van der Waals surface area contributed by atoms with Gasteiger partial charge in [-0.3, -0.25) is 0 Å². The molecule has 1 atom stereocenters. The van der Waals surface area contributed by atoms with Crippen molar-refractivity contribution in [2.75, 3.05) is 26.2 Å². The Kier molecular flexibility index (Phi) is 8.95. The lowest BCUT2D eigenvalue weighted by Crippen LogP contribution is -2.22. The third kappa shape index (κ3) is 8.02. The average molecular weight is 174 g/mol. The fourth-order valence-electron chi connectivity index (χ4n) is 1.25. The molecule has 0 fully saturated rings. The van der Waals surface area contributed by atoms with E-state index in [1.54, 1.807) is 0 Å². The van der Waals surface area contributed by atoms with Crippen molar-refractivity contribution in [3.8, 4) is 0 Å². The molecule has 2 N–H and O–H groups in total. The molecule has 2 heteroatoms. The molecule has 0 saturated carbocycles. The lowest BCUT2D eigenvalue weighted by Gasteiger charge is -2.11. The highest BCUT2D eigenvalue weighted by Crippen LogP contribution is 2.02. The molecule has 0 radical (unpaired) electrons. The summed E-state index contributed by atoms with van der Waals surface area (Å²) in [5.74, 6) is 0.823. The van der Waals surface area contributed by atoms with Gasteiger partial charge < -0.3 is 10.6 Å². The summed E-state index contributed by atoms with van der Waals surface area (Å²) < 4.78 is 0. The van der Waals surface area contributed by atoms with Gasteiger partial charge in [-0.2, -0.15) is 0 Å². The predicted octanol–water partition coefficient (Wildman–Crippen LogP) is 1.87. The molecule has 0 spiro atoms. The van der Waals surface area contributed by atoms with E-state index >= 15 is 0 Å². The second-order valence-electron chi connectivity index (χ2n) is 3.41. The minimum absolute atomic E-state index is 0. The van der Waals surface area contributed by atoms with Crippen LogP contribution in [-0.2, 0) is 0 Å². The van der Waals surface area contributed by atoms with Gasteiger partial charge in [-0.25, -0.2) is 0 Å². The molecule has 0 amide bonds. The van der Waals surface area contributed by atoms with E-state index in [4.69, 9.17) is 0 Å². The van der Waals surface area contributed by atoms with Crippen LogP contribution in [0.1, 0.15) is 35.0 Å². The van der Waals surface area contributed by atoms with E-state index in [0.717, 1.165) is 19.0 Å². The van der Waals surface area contributed by atoms with Crippen LogP contribution in [0.25, 0.3) is 0 Å². The van der Waals surface area contributed by atoms with E-state index in [1.807, 2.05) is 0 Å². The Labute approximate surface area is 78.6 Å². The quantitative estimate of drug-likeness (QED) is 0.549. The van der Waals surface area contributed by atoms with E-state index in [-0.39, 0.29) is 1.43 Å². The normalized spacial score (nSPS) is 13.2. The molecule has 0 heterocycles. The van der Waals surface area contributed by atoms with E-state index in [2.05, 4.69) is 31.4 Å². The van der Waals surface area contributed by atoms with Crippen molar-refractivity contribution in [1.82, 2.24) is 10.6 Å². The summed E-state index contributed by atoms with van der Waals surface area (Å²) in [5.41, 5.74) is 0. The summed E-state index contributed by atoms with van der Waals surface area (Å²) in [6.45, 7) is 11.2. The van der Waals surface area contributed by atoms with E-state index in [0.29, 0.717) is 0 Å². The second-order valence-corrected chi connectivity index (χ2v) is 3.41. The van der Waals surface area contributed by atoms with Crippen LogP contribution in [0.2, 0.25) is 0 Å². The van der Waals surface area contributed by atoms with Crippen molar-refractivity contribution >= 4 is 0 Å². The van der Waals surface area contributed by atoms with Gasteiger partial charge in [-0.05, 0) is 44.9 Å². The van der Waals surface area contributed by atoms with Gasteiger partial charge in [-0.1, -0.05) is 20.8 Å². The molecule has 0 saturated heterocycles. The molecule has 0 aliphatic heterocycles. The number of nitrogens with one attached hydrogen (secondary N) is 2. The molecular formula is C10H26N2. The van der Waals surface area contributed by atoms with Crippen molar-refractivity contribution in [2.24, 2.45) is 5.92 Å². The minimum atomic E-state index is 0. The van der Waals surface area contributed by atoms with Gasteiger partial charge in [0.25, 0.3) is 0 Å². The van der Waals surface area contributed by atoms with Crippen LogP contribution in [0.15, 0.2) is 0 Å². The molecule has 0 aliphatic carbocycles. The fourth-order valence-corrected chi connectivity index (χ4v) is 1.25. The molecule has 0 aromatic heterocycles. The molecule has 76 valence electrons. The Balaban J connectivity index is 0. The molecule has 0 rings (SSSR count). The van der Waals surface area contributed by atoms with E-state index in [9.17, 15) is 0 Å². The maximum Gasteiger partial charge on any atom is 0 e. The molecular weight excluding hydrogens is 148 g/mol. The van der Waals surface area contributed by atoms with Gasteiger partial charge in [-0.15, -0.1) is 0 Å². The van der Waals surface area contributed by atoms with Crippen LogP contribution >= 0.6 is 0 Å². The van der Waals surface area contributed by atoms with Crippen LogP contribution in [0, 0.1) is 5.92 Å². The Morgan fingerprint density at radius 3 is 2.42 bits per heavy atom. The van der Waals surface area contributed by atoms with Gasteiger partial charge in [0.2, 0.25) is 0 Å². The highest BCUT2D eigenvalue weighted by molar-refractivity contribution is 4.57. The van der Waals surface area contributed by atoms with Crippen molar-refractivity contribution in [2.45, 2.75) is 33.6 Å². The first-order chi connectivity index (χ1) is 5.81. The summed E-state index contributed by atoms with van der Waals surface area (Å²) in [5, 5.41) is 6.71. The van der Waals surface area contributed by atoms with Gasteiger partial charge in [0, 0.05) is 1.43 Å². The largest absolute Gasteiger partial charge is 0.317 e. The van der Waals surface area contributed by atoms with Crippen LogP contribution in [-0.4, -0.2) is 26.2 Å². The maximum atomic E-state index is 3.37. The zero-order chi connectivity index (χ0) is 9.23. The maximum absolute atomic E-state index is 3.37. The van der Waals surface area contributed by atoms with Crippen LogP contribution in [0.3, 0.4) is 0 Å². The van der Waals surface area contributed by atoms with Crippen molar-refractivity contribution in [3.05, 3.63) is 0 Å². The van der Waals surface area contributed by atoms with Crippen LogP contribution in [0.5, 0.6) is 0 Å². The highest BCUT2D eigenvalue weighted by Gasteiger charge is 1.99. The monoisotopic (exact) mass is 174 g/mol. The molecule has 0 aromatic carbocycles. The van der Waals surface area contributed by atoms with Crippen molar-refractivity contribution < 1.29 is 1.43 Å². The summed E-state index contributed by atoms with van der Waals surface area (Å²) in [6, 6.07) is 0. The van der Waals surface area contributed by atoms with Crippen LogP contribution < -0.4 is 10.6 Å². The summed E-state index contributed by atoms with van der Waals surface area (Å²) in [4.78, 5) is 0. The zero-order valence-corrected chi connectivity index (χ0v) is 8.82. The summed E-state index contributed by atoms with van der Waals surface area (Å²) in [7, 11) is 0. The third-order valence-corrected chi connectivity index (χ3v) is 2.04. The lowest BCUT2D eigenvalue weighted by molar-refractivity contribution is 0.465. The summed E-state index contributed by atoms with van der Waals surface area (Å²) in [6.07, 6.45) is 2.64. The van der Waals surface area contributed by atoms with E-state index in [1.165, 1.54) is 25.9 Å². The van der Waals surface area contributed by atoms with Gasteiger partial charge in [0.15, 0.2) is 0 Å². The third-order valence-electron chi connectivity index (χ3n) is 2.04. The molecule has 0 bridgehead atoms. The summed E-state index contributed by atoms with van der Waals surface area (Å²) >= 11 is 0. The number of hydrogen-bond donors (Lipinski definition) is 2. The average Bonchev–Trinajstić information content (AvgIpc) is 2.09. The van der Waals surface area contributed by atoms with Gasteiger partial charge in [0.05, 0.1) is 0 Å². The minimum Gasteiger partial charge on any atom is -0.317 e. The first kappa shape index (κ1) is 11.9. The van der Waals surface area contributed by atoms with Crippen molar-refractivity contribution in [3.63, 3.8) is 0 Å². The number of rotatable bonds is 8. The standard InChI is InChI=1S/C10H24N2.H2/c1-4-11-8-6-7-10(3)9-12-5-2;/h10-12H,4-9H2,1-3H3;1H. The Morgan fingerprint density at radius 1 is 1.17 bits per heavy atom. The Morgan fingerprint density at radius 2 is 1.83 bits per heavy atom. The molecule has 0 aliphatic rings. The molecule has 0 aromatic rings. The smallest absolute Gasteiger partial charge is 0 e. The fraction of sp³-hybridized carbons (Fsp3) is 1.00. The van der Waals surface area contributed by atoms with Crippen LogP contribution in [0.4, 0.5) is 0 Å². The van der Waals surface area contributed by atoms with Gasteiger partial charge in [0.1, 0.15) is 0 Å². The molecule has 1 unspecified atom stereocenters.